The fraction of sp³-hybridized carbons (Fsp3) is 0.300. The number of imidazole rings is 1. The molecule has 128 valence electrons. The van der Waals surface area contributed by atoms with Crippen molar-refractivity contribution in [2.45, 2.75) is 13.5 Å². The maximum Gasteiger partial charge on any atom is 0.253 e. The summed E-state index contributed by atoms with van der Waals surface area (Å²) in [6.45, 7) is 6.10. The lowest BCUT2D eigenvalue weighted by Crippen LogP contribution is -2.49. The second-order valence-corrected chi connectivity index (χ2v) is 6.35. The molecule has 3 aromatic rings. The normalized spacial score (nSPS) is 14.9. The molecule has 25 heavy (non-hydrogen) atoms. The van der Waals surface area contributed by atoms with Gasteiger partial charge in [-0.2, -0.15) is 0 Å². The standard InChI is InChI=1S/C20H22N4O/c1-2-22-10-9-21-20(22)24-13-11-23(12-14-24)19(25)18-8-7-16-5-3-4-6-17(16)15-18/h3-10,15H,2,11-14H2,1H3. The van der Waals surface area contributed by atoms with Crippen LogP contribution in [0.2, 0.25) is 0 Å². The summed E-state index contributed by atoms with van der Waals surface area (Å²) in [5.41, 5.74) is 0.766. The molecule has 5 heteroatoms. The minimum atomic E-state index is 0.115. The first-order valence-corrected chi connectivity index (χ1v) is 8.80. The third-order valence-electron chi connectivity index (χ3n) is 4.88. The summed E-state index contributed by atoms with van der Waals surface area (Å²) in [5.74, 6) is 1.12. The molecule has 0 saturated carbocycles. The van der Waals surface area contributed by atoms with Crippen molar-refractivity contribution in [3.63, 3.8) is 0 Å². The van der Waals surface area contributed by atoms with Gasteiger partial charge in [0.15, 0.2) is 0 Å². The lowest BCUT2D eigenvalue weighted by molar-refractivity contribution is 0.0746. The number of rotatable bonds is 3. The minimum Gasteiger partial charge on any atom is -0.339 e. The zero-order chi connectivity index (χ0) is 17.2. The highest BCUT2D eigenvalue weighted by Gasteiger charge is 2.24. The molecule has 1 amide bonds. The quantitative estimate of drug-likeness (QED) is 0.739. The number of aromatic nitrogens is 2. The summed E-state index contributed by atoms with van der Waals surface area (Å²) < 4.78 is 2.14. The highest BCUT2D eigenvalue weighted by Crippen LogP contribution is 2.19. The molecule has 0 radical (unpaired) electrons. The molecule has 0 bridgehead atoms. The average molecular weight is 334 g/mol. The third-order valence-corrected chi connectivity index (χ3v) is 4.88. The zero-order valence-corrected chi connectivity index (χ0v) is 14.4. The van der Waals surface area contributed by atoms with Crippen LogP contribution >= 0.6 is 0 Å². The monoisotopic (exact) mass is 334 g/mol. The molecule has 1 fully saturated rings. The van der Waals surface area contributed by atoms with Crippen molar-refractivity contribution >= 4 is 22.6 Å². The van der Waals surface area contributed by atoms with E-state index in [2.05, 4.69) is 33.5 Å². The van der Waals surface area contributed by atoms with E-state index < -0.39 is 0 Å². The predicted octanol–water partition coefficient (Wildman–Crippen LogP) is 3.02. The Morgan fingerprint density at radius 2 is 1.80 bits per heavy atom. The largest absolute Gasteiger partial charge is 0.339 e. The van der Waals surface area contributed by atoms with Crippen LogP contribution in [0.3, 0.4) is 0 Å². The van der Waals surface area contributed by atoms with Crippen LogP contribution in [0.5, 0.6) is 0 Å². The zero-order valence-electron chi connectivity index (χ0n) is 14.4. The molecule has 0 unspecified atom stereocenters. The van der Waals surface area contributed by atoms with Crippen LogP contribution in [0, 0.1) is 0 Å². The van der Waals surface area contributed by atoms with Gasteiger partial charge in [0.1, 0.15) is 0 Å². The average Bonchev–Trinajstić information content (AvgIpc) is 3.16. The summed E-state index contributed by atoms with van der Waals surface area (Å²) >= 11 is 0. The Bertz CT molecular complexity index is 893. The Kier molecular flexibility index (Phi) is 4.14. The lowest BCUT2D eigenvalue weighted by atomic mass is 10.1. The van der Waals surface area contributed by atoms with Crippen LogP contribution in [0.4, 0.5) is 5.95 Å². The van der Waals surface area contributed by atoms with Gasteiger partial charge in [0, 0.05) is 50.7 Å². The van der Waals surface area contributed by atoms with Gasteiger partial charge in [0.2, 0.25) is 5.95 Å². The molecule has 4 rings (SSSR count). The van der Waals surface area contributed by atoms with Gasteiger partial charge in [-0.15, -0.1) is 0 Å². The minimum absolute atomic E-state index is 0.115. The summed E-state index contributed by atoms with van der Waals surface area (Å²) in [6.07, 6.45) is 3.84. The van der Waals surface area contributed by atoms with E-state index >= 15 is 0 Å². The molecular weight excluding hydrogens is 312 g/mol. The van der Waals surface area contributed by atoms with Crippen LogP contribution in [0.1, 0.15) is 17.3 Å². The second kappa shape index (κ2) is 6.59. The van der Waals surface area contributed by atoms with E-state index in [4.69, 9.17) is 0 Å². The molecule has 0 N–H and O–H groups in total. The Hall–Kier alpha value is -2.82. The number of anilines is 1. The first kappa shape index (κ1) is 15.7. The van der Waals surface area contributed by atoms with E-state index in [9.17, 15) is 4.79 Å². The van der Waals surface area contributed by atoms with Gasteiger partial charge in [-0.05, 0) is 29.8 Å². The van der Waals surface area contributed by atoms with E-state index in [0.29, 0.717) is 0 Å². The Morgan fingerprint density at radius 1 is 1.04 bits per heavy atom. The van der Waals surface area contributed by atoms with Gasteiger partial charge in [-0.25, -0.2) is 4.98 Å². The summed E-state index contributed by atoms with van der Waals surface area (Å²) in [5, 5.41) is 2.27. The highest BCUT2D eigenvalue weighted by atomic mass is 16.2. The fourth-order valence-electron chi connectivity index (χ4n) is 3.45. The molecule has 0 atom stereocenters. The van der Waals surface area contributed by atoms with Gasteiger partial charge in [0.25, 0.3) is 5.91 Å². The van der Waals surface area contributed by atoms with E-state index in [1.807, 2.05) is 47.6 Å². The van der Waals surface area contributed by atoms with Crippen molar-refractivity contribution in [3.8, 4) is 0 Å². The summed E-state index contributed by atoms with van der Waals surface area (Å²) in [4.78, 5) is 21.5. The van der Waals surface area contributed by atoms with E-state index in [1.165, 1.54) is 0 Å². The third kappa shape index (κ3) is 2.97. The molecule has 1 aliphatic rings. The topological polar surface area (TPSA) is 41.4 Å². The number of piperazine rings is 1. The predicted molar refractivity (Wildman–Crippen MR) is 100.0 cm³/mol. The SMILES string of the molecule is CCn1ccnc1N1CCN(C(=O)c2ccc3ccccc3c2)CC1. The van der Waals surface area contributed by atoms with Crippen molar-refractivity contribution in [1.29, 1.82) is 0 Å². The van der Waals surface area contributed by atoms with Crippen LogP contribution < -0.4 is 4.90 Å². The molecule has 1 aliphatic heterocycles. The van der Waals surface area contributed by atoms with Crippen LogP contribution in [0.25, 0.3) is 10.8 Å². The number of carbonyl (C=O) groups is 1. The summed E-state index contributed by atoms with van der Waals surface area (Å²) in [7, 11) is 0. The molecule has 2 aromatic carbocycles. The van der Waals surface area contributed by atoms with E-state index in [1.54, 1.807) is 0 Å². The fourth-order valence-corrected chi connectivity index (χ4v) is 3.45. The molecule has 5 nitrogen and oxygen atoms in total. The van der Waals surface area contributed by atoms with Crippen molar-refractivity contribution < 1.29 is 4.79 Å². The Morgan fingerprint density at radius 3 is 2.56 bits per heavy atom. The molecule has 0 spiro atoms. The van der Waals surface area contributed by atoms with Crippen molar-refractivity contribution in [2.75, 3.05) is 31.1 Å². The van der Waals surface area contributed by atoms with E-state index in [-0.39, 0.29) is 5.91 Å². The lowest BCUT2D eigenvalue weighted by Gasteiger charge is -2.35. The van der Waals surface area contributed by atoms with Gasteiger partial charge in [-0.3, -0.25) is 4.79 Å². The van der Waals surface area contributed by atoms with E-state index in [0.717, 1.165) is 55.0 Å². The first-order valence-electron chi connectivity index (χ1n) is 8.80. The maximum atomic E-state index is 12.8. The molecule has 0 aliphatic carbocycles. The molecular formula is C20H22N4O. The number of benzene rings is 2. The molecule has 2 heterocycles. The maximum absolute atomic E-state index is 12.8. The molecule has 1 saturated heterocycles. The number of nitrogens with zero attached hydrogens (tertiary/aromatic N) is 4. The van der Waals surface area contributed by atoms with Crippen LogP contribution in [0.15, 0.2) is 54.9 Å². The van der Waals surface area contributed by atoms with Crippen LogP contribution in [-0.2, 0) is 6.54 Å². The summed E-state index contributed by atoms with van der Waals surface area (Å²) in [6, 6.07) is 14.1. The van der Waals surface area contributed by atoms with Gasteiger partial charge < -0.3 is 14.4 Å². The van der Waals surface area contributed by atoms with Crippen molar-refractivity contribution in [3.05, 3.63) is 60.4 Å². The van der Waals surface area contributed by atoms with Gasteiger partial charge >= 0.3 is 0 Å². The van der Waals surface area contributed by atoms with Crippen molar-refractivity contribution in [1.82, 2.24) is 14.5 Å². The number of carbonyl (C=O) groups excluding carboxylic acids is 1. The number of fused-ring (bicyclic) bond motifs is 1. The van der Waals surface area contributed by atoms with Crippen molar-refractivity contribution in [2.24, 2.45) is 0 Å². The smallest absolute Gasteiger partial charge is 0.253 e. The van der Waals surface area contributed by atoms with Gasteiger partial charge in [-0.1, -0.05) is 30.3 Å². The van der Waals surface area contributed by atoms with Crippen LogP contribution in [-0.4, -0.2) is 46.5 Å². The number of hydrogen-bond donors (Lipinski definition) is 0. The van der Waals surface area contributed by atoms with Gasteiger partial charge in [0.05, 0.1) is 0 Å². The highest BCUT2D eigenvalue weighted by molar-refractivity contribution is 5.98. The molecule has 1 aromatic heterocycles. The number of aryl methyl sites for hydroxylation is 1. The Balaban J connectivity index is 1.47. The number of hydrogen-bond acceptors (Lipinski definition) is 3. The Labute approximate surface area is 147 Å². The second-order valence-electron chi connectivity index (χ2n) is 6.35. The first-order chi connectivity index (χ1) is 12.3. The number of amides is 1.